The van der Waals surface area contributed by atoms with Gasteiger partial charge in [0, 0.05) is 0 Å². The summed E-state index contributed by atoms with van der Waals surface area (Å²) in [4.78, 5) is 14.5. The Morgan fingerprint density at radius 3 is 2.60 bits per heavy atom. The summed E-state index contributed by atoms with van der Waals surface area (Å²) >= 11 is 0. The second-order valence-corrected chi connectivity index (χ2v) is 5.62. The molecule has 20 heavy (non-hydrogen) atoms. The van der Waals surface area contributed by atoms with Crippen LogP contribution in [0.25, 0.3) is 0 Å². The normalized spacial score (nSPS) is 20.2. The van der Waals surface area contributed by atoms with Gasteiger partial charge in [0.1, 0.15) is 0 Å². The van der Waals surface area contributed by atoms with Gasteiger partial charge >= 0.3 is 0 Å². The van der Waals surface area contributed by atoms with Gasteiger partial charge in [-0.3, -0.25) is 0 Å². The molecule has 2 aliphatic carbocycles. The van der Waals surface area contributed by atoms with E-state index in [-0.39, 0.29) is 11.6 Å². The number of hydrogen-bond donors (Lipinski definition) is 0. The molecular formula is C16H19NO3. The van der Waals surface area contributed by atoms with Crippen LogP contribution in [0, 0.1) is 0 Å². The Balaban J connectivity index is 1.88. The predicted octanol–water partition coefficient (Wildman–Crippen LogP) is 3.34. The molecule has 0 aromatic heterocycles. The molecule has 4 heteroatoms. The quantitative estimate of drug-likeness (QED) is 0.610. The van der Waals surface area contributed by atoms with Gasteiger partial charge in [-0.25, -0.2) is 4.79 Å². The molecular weight excluding hydrogens is 254 g/mol. The van der Waals surface area contributed by atoms with Crippen LogP contribution in [0.2, 0.25) is 0 Å². The van der Waals surface area contributed by atoms with E-state index in [4.69, 9.17) is 9.47 Å². The molecule has 0 amide bonds. The van der Waals surface area contributed by atoms with Crippen molar-refractivity contribution in [3.63, 3.8) is 0 Å². The van der Waals surface area contributed by atoms with Gasteiger partial charge in [-0.2, -0.15) is 4.99 Å². The molecule has 0 heterocycles. The van der Waals surface area contributed by atoms with E-state index in [0.29, 0.717) is 0 Å². The first-order chi connectivity index (χ1) is 9.77. The molecule has 0 atom stereocenters. The number of nitrogens with zero attached hydrogens (tertiary/aromatic N) is 1. The topological polar surface area (TPSA) is 47.9 Å². The lowest BCUT2D eigenvalue weighted by molar-refractivity contribution is 0.200. The van der Waals surface area contributed by atoms with Crippen molar-refractivity contribution in [2.24, 2.45) is 4.99 Å². The summed E-state index contributed by atoms with van der Waals surface area (Å²) in [6.45, 7) is 0. The van der Waals surface area contributed by atoms with Crippen LogP contribution in [0.4, 0.5) is 0 Å². The molecule has 0 radical (unpaired) electrons. The first kappa shape index (κ1) is 13.2. The molecule has 2 aliphatic rings. The van der Waals surface area contributed by atoms with Gasteiger partial charge in [-0.15, -0.1) is 0 Å². The minimum Gasteiger partial charge on any atom is -0.493 e. The number of rotatable bonds is 5. The van der Waals surface area contributed by atoms with Gasteiger partial charge in [0.05, 0.1) is 18.8 Å². The Hall–Kier alpha value is -1.80. The third kappa shape index (κ3) is 2.44. The summed E-state index contributed by atoms with van der Waals surface area (Å²) in [5.74, 6) is 1.51. The molecule has 0 spiro atoms. The van der Waals surface area contributed by atoms with Crippen LogP contribution in [0.15, 0.2) is 23.2 Å². The minimum atomic E-state index is -0.359. The van der Waals surface area contributed by atoms with E-state index in [1.54, 1.807) is 13.2 Å². The van der Waals surface area contributed by atoms with Gasteiger partial charge in [0.2, 0.25) is 6.08 Å². The molecule has 2 fully saturated rings. The summed E-state index contributed by atoms with van der Waals surface area (Å²) in [6.07, 6.45) is 8.44. The molecule has 4 nitrogen and oxygen atoms in total. The fraction of sp³-hybridized carbons (Fsp3) is 0.562. The van der Waals surface area contributed by atoms with Crippen molar-refractivity contribution >= 4 is 6.08 Å². The Kier molecular flexibility index (Phi) is 3.49. The number of carbonyl (C=O) groups excluding carboxylic acids is 1. The summed E-state index contributed by atoms with van der Waals surface area (Å²) in [6, 6.07) is 5.85. The van der Waals surface area contributed by atoms with Gasteiger partial charge in [-0.05, 0) is 56.2 Å². The highest BCUT2D eigenvalue weighted by atomic mass is 16.5. The summed E-state index contributed by atoms with van der Waals surface area (Å²) < 4.78 is 11.4. The third-order valence-corrected chi connectivity index (χ3v) is 4.28. The lowest BCUT2D eigenvalue weighted by Crippen LogP contribution is -2.12. The molecule has 0 unspecified atom stereocenters. The average Bonchev–Trinajstić information content (AvgIpc) is 3.07. The lowest BCUT2D eigenvalue weighted by atomic mass is 10.0. The van der Waals surface area contributed by atoms with Gasteiger partial charge < -0.3 is 9.47 Å². The maximum Gasteiger partial charge on any atom is 0.235 e. The second kappa shape index (κ2) is 5.29. The maximum absolute atomic E-state index is 10.6. The van der Waals surface area contributed by atoms with E-state index in [0.717, 1.165) is 42.7 Å². The van der Waals surface area contributed by atoms with Crippen molar-refractivity contribution in [3.05, 3.63) is 23.8 Å². The third-order valence-electron chi connectivity index (χ3n) is 4.28. The highest BCUT2D eigenvalue weighted by molar-refractivity contribution is 5.48. The van der Waals surface area contributed by atoms with E-state index in [1.165, 1.54) is 12.8 Å². The monoisotopic (exact) mass is 273 g/mol. The zero-order valence-corrected chi connectivity index (χ0v) is 11.7. The Labute approximate surface area is 118 Å². The first-order valence-corrected chi connectivity index (χ1v) is 7.22. The molecule has 0 N–H and O–H groups in total. The van der Waals surface area contributed by atoms with Crippen LogP contribution in [0.1, 0.15) is 44.1 Å². The van der Waals surface area contributed by atoms with E-state index in [9.17, 15) is 4.79 Å². The summed E-state index contributed by atoms with van der Waals surface area (Å²) in [7, 11) is 1.65. The van der Waals surface area contributed by atoms with Gasteiger partial charge in [0.25, 0.3) is 0 Å². The predicted molar refractivity (Wildman–Crippen MR) is 74.9 cm³/mol. The number of ether oxygens (including phenoxy) is 2. The van der Waals surface area contributed by atoms with Crippen LogP contribution < -0.4 is 9.47 Å². The number of methoxy groups -OCH3 is 1. The smallest absolute Gasteiger partial charge is 0.235 e. The van der Waals surface area contributed by atoms with Crippen molar-refractivity contribution < 1.29 is 14.3 Å². The van der Waals surface area contributed by atoms with Crippen LogP contribution in [0.3, 0.4) is 0 Å². The van der Waals surface area contributed by atoms with Crippen LogP contribution in [0.5, 0.6) is 11.5 Å². The van der Waals surface area contributed by atoms with Crippen molar-refractivity contribution in [1.29, 1.82) is 0 Å². The van der Waals surface area contributed by atoms with E-state index in [2.05, 4.69) is 4.99 Å². The standard InChI is InChI=1S/C16H19NO3/c1-19-14-7-6-12(16(8-9-16)17-11-18)10-15(14)20-13-4-2-3-5-13/h6-7,10,13H,2-5,8-9H2,1H3. The van der Waals surface area contributed by atoms with E-state index in [1.807, 2.05) is 18.2 Å². The molecule has 0 aliphatic heterocycles. The number of hydrogen-bond acceptors (Lipinski definition) is 4. The maximum atomic E-state index is 10.6. The van der Waals surface area contributed by atoms with Crippen LogP contribution >= 0.6 is 0 Å². The Bertz CT molecular complexity index is 539. The van der Waals surface area contributed by atoms with Gasteiger partial charge in [0.15, 0.2) is 11.5 Å². The highest BCUT2D eigenvalue weighted by Crippen LogP contribution is 2.50. The molecule has 1 aromatic carbocycles. The van der Waals surface area contributed by atoms with Crippen molar-refractivity contribution in [2.75, 3.05) is 7.11 Å². The highest BCUT2D eigenvalue weighted by Gasteiger charge is 2.45. The van der Waals surface area contributed by atoms with Crippen LogP contribution in [-0.2, 0) is 10.3 Å². The summed E-state index contributed by atoms with van der Waals surface area (Å²) in [5, 5.41) is 0. The fourth-order valence-corrected chi connectivity index (χ4v) is 2.91. The molecule has 1 aromatic rings. The van der Waals surface area contributed by atoms with Crippen molar-refractivity contribution in [2.45, 2.75) is 50.2 Å². The Morgan fingerprint density at radius 2 is 2.00 bits per heavy atom. The molecule has 106 valence electrons. The molecule has 2 saturated carbocycles. The fourth-order valence-electron chi connectivity index (χ4n) is 2.91. The van der Waals surface area contributed by atoms with Crippen molar-refractivity contribution in [1.82, 2.24) is 0 Å². The largest absolute Gasteiger partial charge is 0.493 e. The number of isocyanates is 1. The van der Waals surface area contributed by atoms with E-state index >= 15 is 0 Å². The van der Waals surface area contributed by atoms with E-state index < -0.39 is 0 Å². The summed E-state index contributed by atoms with van der Waals surface area (Å²) in [5.41, 5.74) is 0.664. The molecule has 0 saturated heterocycles. The van der Waals surface area contributed by atoms with Gasteiger partial charge in [-0.1, -0.05) is 6.07 Å². The minimum absolute atomic E-state index is 0.281. The number of benzene rings is 1. The Morgan fingerprint density at radius 1 is 1.25 bits per heavy atom. The second-order valence-electron chi connectivity index (χ2n) is 5.62. The van der Waals surface area contributed by atoms with Crippen molar-refractivity contribution in [3.8, 4) is 11.5 Å². The first-order valence-electron chi connectivity index (χ1n) is 7.22. The molecule has 3 rings (SSSR count). The average molecular weight is 273 g/mol. The lowest BCUT2D eigenvalue weighted by Gasteiger charge is -2.18. The SMILES string of the molecule is COc1ccc(C2(N=C=O)CC2)cc1OC1CCCC1. The zero-order valence-electron chi connectivity index (χ0n) is 11.7. The van der Waals surface area contributed by atoms with Crippen LogP contribution in [-0.4, -0.2) is 19.3 Å². The molecule has 0 bridgehead atoms. The zero-order chi connectivity index (χ0) is 14.0. The number of aliphatic imine (C=N–C) groups is 1.